The predicted octanol–water partition coefficient (Wildman–Crippen LogP) is 1.25. The molecule has 1 aromatic rings. The first kappa shape index (κ1) is 19.9. The summed E-state index contributed by atoms with van der Waals surface area (Å²) in [6.45, 7) is 5.27. The summed E-state index contributed by atoms with van der Waals surface area (Å²) >= 11 is 0. The lowest BCUT2D eigenvalue weighted by Crippen LogP contribution is -2.54. The molecule has 152 valence electrons. The van der Waals surface area contributed by atoms with Crippen molar-refractivity contribution < 1.29 is 23.5 Å². The molecule has 0 radical (unpaired) electrons. The van der Waals surface area contributed by atoms with Crippen LogP contribution in [0.5, 0.6) is 5.75 Å². The first-order valence-electron chi connectivity index (χ1n) is 9.25. The molecule has 1 aromatic carbocycles. The Hall–Kier alpha value is -2.84. The summed E-state index contributed by atoms with van der Waals surface area (Å²) in [7, 11) is 1.43. The minimum Gasteiger partial charge on any atom is -0.494 e. The van der Waals surface area contributed by atoms with Gasteiger partial charge in [0.25, 0.3) is 5.91 Å². The van der Waals surface area contributed by atoms with Gasteiger partial charge in [-0.2, -0.15) is 0 Å². The molecule has 0 aliphatic carbocycles. The maximum Gasteiger partial charge on any atom is 0.322 e. The molecule has 0 saturated carbocycles. The highest BCUT2D eigenvalue weighted by molar-refractivity contribution is 6.06. The minimum atomic E-state index is -1.05. The number of amides is 4. The van der Waals surface area contributed by atoms with Crippen LogP contribution in [0.4, 0.5) is 14.9 Å². The summed E-state index contributed by atoms with van der Waals surface area (Å²) < 4.78 is 18.7. The highest BCUT2D eigenvalue weighted by Crippen LogP contribution is 2.27. The predicted molar refractivity (Wildman–Crippen MR) is 101 cm³/mol. The standard InChI is InChI=1S/C19H25FN4O4/c1-12-11-23(16(25)6-7-19(2)17(26)21-18(27)22-19)8-9-24(12)13-4-5-14(20)15(10-13)28-3/h4-5,10,12H,6-9,11H2,1-3H3,(H2,21,22,26,27)/t12-,19+/m0/s1. The summed E-state index contributed by atoms with van der Waals surface area (Å²) in [6, 6.07) is 4.24. The molecule has 0 unspecified atom stereocenters. The number of urea groups is 1. The fraction of sp³-hybridized carbons (Fsp3) is 0.526. The molecular weight excluding hydrogens is 367 g/mol. The maximum atomic E-state index is 13.6. The maximum absolute atomic E-state index is 13.6. The van der Waals surface area contributed by atoms with Gasteiger partial charge in [0.2, 0.25) is 5.91 Å². The van der Waals surface area contributed by atoms with Gasteiger partial charge in [-0.15, -0.1) is 0 Å². The highest BCUT2D eigenvalue weighted by atomic mass is 19.1. The Kier molecular flexibility index (Phi) is 5.44. The molecule has 4 amide bonds. The van der Waals surface area contributed by atoms with Crippen LogP contribution < -0.4 is 20.3 Å². The number of piperazine rings is 1. The zero-order valence-electron chi connectivity index (χ0n) is 16.3. The molecule has 9 heteroatoms. The van der Waals surface area contributed by atoms with E-state index in [-0.39, 0.29) is 30.5 Å². The number of hydrogen-bond acceptors (Lipinski definition) is 5. The molecule has 2 fully saturated rings. The highest BCUT2D eigenvalue weighted by Gasteiger charge is 2.42. The molecule has 2 heterocycles. The molecule has 0 bridgehead atoms. The van der Waals surface area contributed by atoms with Gasteiger partial charge in [0, 0.05) is 43.9 Å². The van der Waals surface area contributed by atoms with E-state index in [0.717, 1.165) is 5.69 Å². The number of halogens is 1. The molecule has 2 saturated heterocycles. The average molecular weight is 392 g/mol. The molecule has 2 aliphatic rings. The Morgan fingerprint density at radius 2 is 2.11 bits per heavy atom. The van der Waals surface area contributed by atoms with E-state index in [1.165, 1.54) is 13.2 Å². The van der Waals surface area contributed by atoms with Crippen LogP contribution >= 0.6 is 0 Å². The zero-order valence-corrected chi connectivity index (χ0v) is 16.3. The van der Waals surface area contributed by atoms with Gasteiger partial charge in [-0.25, -0.2) is 9.18 Å². The fourth-order valence-electron chi connectivity index (χ4n) is 3.67. The quantitative estimate of drug-likeness (QED) is 0.736. The van der Waals surface area contributed by atoms with Crippen molar-refractivity contribution in [2.45, 2.75) is 38.3 Å². The fourth-order valence-corrected chi connectivity index (χ4v) is 3.67. The summed E-state index contributed by atoms with van der Waals surface area (Å²) in [5.41, 5.74) is -0.208. The van der Waals surface area contributed by atoms with E-state index in [1.807, 2.05) is 6.92 Å². The summed E-state index contributed by atoms with van der Waals surface area (Å²) in [6.07, 6.45) is 0.411. The Bertz CT molecular complexity index is 802. The molecular formula is C19H25FN4O4. The number of anilines is 1. The first-order valence-corrected chi connectivity index (χ1v) is 9.25. The number of methoxy groups -OCH3 is 1. The van der Waals surface area contributed by atoms with Crippen molar-refractivity contribution in [1.29, 1.82) is 0 Å². The summed E-state index contributed by atoms with van der Waals surface area (Å²) in [4.78, 5) is 39.7. The molecule has 2 N–H and O–H groups in total. The smallest absolute Gasteiger partial charge is 0.322 e. The number of carbonyl (C=O) groups excluding carboxylic acids is 3. The van der Waals surface area contributed by atoms with E-state index in [2.05, 4.69) is 15.5 Å². The summed E-state index contributed by atoms with van der Waals surface area (Å²) in [5.74, 6) is -0.690. The number of imide groups is 1. The molecule has 3 rings (SSSR count). The van der Waals surface area contributed by atoms with Crippen LogP contribution in [0.3, 0.4) is 0 Å². The van der Waals surface area contributed by atoms with Gasteiger partial charge >= 0.3 is 6.03 Å². The monoisotopic (exact) mass is 392 g/mol. The van der Waals surface area contributed by atoms with Crippen LogP contribution in [0.2, 0.25) is 0 Å². The van der Waals surface area contributed by atoms with Crippen LogP contribution in [0.15, 0.2) is 18.2 Å². The Labute approximate surface area is 163 Å². The van der Waals surface area contributed by atoms with E-state index in [9.17, 15) is 18.8 Å². The second-order valence-corrected chi connectivity index (χ2v) is 7.44. The average Bonchev–Trinajstić information content (AvgIpc) is 2.92. The van der Waals surface area contributed by atoms with E-state index in [4.69, 9.17) is 4.74 Å². The van der Waals surface area contributed by atoms with Gasteiger partial charge in [0.05, 0.1) is 7.11 Å². The van der Waals surface area contributed by atoms with Gasteiger partial charge in [0.1, 0.15) is 5.54 Å². The Morgan fingerprint density at radius 1 is 1.36 bits per heavy atom. The number of rotatable bonds is 5. The third kappa shape index (κ3) is 3.88. The number of benzene rings is 1. The van der Waals surface area contributed by atoms with Crippen molar-refractivity contribution in [2.24, 2.45) is 0 Å². The lowest BCUT2D eigenvalue weighted by atomic mass is 9.95. The van der Waals surface area contributed by atoms with Crippen molar-refractivity contribution in [2.75, 3.05) is 31.6 Å². The van der Waals surface area contributed by atoms with Gasteiger partial charge in [-0.05, 0) is 32.4 Å². The van der Waals surface area contributed by atoms with Crippen molar-refractivity contribution in [1.82, 2.24) is 15.5 Å². The minimum absolute atomic E-state index is 0.0398. The summed E-state index contributed by atoms with van der Waals surface area (Å²) in [5, 5.41) is 4.77. The third-order valence-corrected chi connectivity index (χ3v) is 5.40. The van der Waals surface area contributed by atoms with Gasteiger partial charge in [0.15, 0.2) is 11.6 Å². The largest absolute Gasteiger partial charge is 0.494 e. The number of nitrogens with one attached hydrogen (secondary N) is 2. The number of nitrogens with zero attached hydrogens (tertiary/aromatic N) is 2. The van der Waals surface area contributed by atoms with Crippen molar-refractivity contribution >= 4 is 23.5 Å². The van der Waals surface area contributed by atoms with Crippen LogP contribution in [-0.4, -0.2) is 61.1 Å². The molecule has 2 atom stereocenters. The van der Waals surface area contributed by atoms with Gasteiger partial charge in [-0.3, -0.25) is 14.9 Å². The lowest BCUT2D eigenvalue weighted by molar-refractivity contribution is -0.132. The molecule has 28 heavy (non-hydrogen) atoms. The van der Waals surface area contributed by atoms with Crippen LogP contribution in [0, 0.1) is 5.82 Å². The number of carbonyl (C=O) groups is 3. The zero-order chi connectivity index (χ0) is 20.5. The van der Waals surface area contributed by atoms with Crippen molar-refractivity contribution in [3.05, 3.63) is 24.0 Å². The van der Waals surface area contributed by atoms with Gasteiger partial charge in [-0.1, -0.05) is 0 Å². The van der Waals surface area contributed by atoms with E-state index >= 15 is 0 Å². The number of hydrogen-bond donors (Lipinski definition) is 2. The Morgan fingerprint density at radius 3 is 2.71 bits per heavy atom. The first-order chi connectivity index (χ1) is 13.2. The van der Waals surface area contributed by atoms with Crippen LogP contribution in [-0.2, 0) is 9.59 Å². The Balaban J connectivity index is 1.58. The van der Waals surface area contributed by atoms with E-state index in [1.54, 1.807) is 24.0 Å². The molecule has 0 spiro atoms. The van der Waals surface area contributed by atoms with Crippen LogP contribution in [0.25, 0.3) is 0 Å². The topological polar surface area (TPSA) is 91.0 Å². The third-order valence-electron chi connectivity index (χ3n) is 5.40. The second kappa shape index (κ2) is 7.65. The van der Waals surface area contributed by atoms with Crippen molar-refractivity contribution in [3.8, 4) is 5.75 Å². The SMILES string of the molecule is COc1cc(N2CCN(C(=O)CC[C@@]3(C)NC(=O)NC3=O)C[C@@H]2C)ccc1F. The molecule has 2 aliphatic heterocycles. The lowest BCUT2D eigenvalue weighted by Gasteiger charge is -2.41. The normalized spacial score (nSPS) is 24.8. The number of ether oxygens (including phenoxy) is 1. The molecule has 0 aromatic heterocycles. The second-order valence-electron chi connectivity index (χ2n) is 7.44. The van der Waals surface area contributed by atoms with Gasteiger partial charge < -0.3 is 19.9 Å². The van der Waals surface area contributed by atoms with E-state index in [0.29, 0.717) is 19.6 Å². The molecule has 8 nitrogen and oxygen atoms in total. The van der Waals surface area contributed by atoms with E-state index < -0.39 is 23.3 Å². The van der Waals surface area contributed by atoms with Crippen molar-refractivity contribution in [3.63, 3.8) is 0 Å². The van der Waals surface area contributed by atoms with Crippen LogP contribution in [0.1, 0.15) is 26.7 Å².